The third-order valence-corrected chi connectivity index (χ3v) is 7.65. The molecule has 0 N–H and O–H groups in total. The lowest BCUT2D eigenvalue weighted by atomic mass is 9.93. The number of hydrogen-bond acceptors (Lipinski definition) is 5. The van der Waals surface area contributed by atoms with Gasteiger partial charge in [-0.3, -0.25) is 4.90 Å². The largest absolute Gasteiger partial charge is 0.473 e. The van der Waals surface area contributed by atoms with E-state index in [1.165, 1.54) is 11.6 Å². The van der Waals surface area contributed by atoms with Gasteiger partial charge in [0.25, 0.3) is 0 Å². The minimum Gasteiger partial charge on any atom is -0.473 e. The second kappa shape index (κ2) is 10.8. The molecule has 2 aliphatic rings. The van der Waals surface area contributed by atoms with Gasteiger partial charge in [0.05, 0.1) is 30.2 Å². The van der Waals surface area contributed by atoms with Crippen molar-refractivity contribution in [1.82, 2.24) is 19.4 Å². The van der Waals surface area contributed by atoms with Crippen LogP contribution in [0.25, 0.3) is 11.0 Å². The molecular weight excluding hydrogens is 491 g/mol. The number of pyridine rings is 1. The number of halogens is 2. The van der Waals surface area contributed by atoms with Gasteiger partial charge in [0, 0.05) is 34.9 Å². The van der Waals surface area contributed by atoms with Crippen LogP contribution in [0.3, 0.4) is 0 Å². The lowest BCUT2D eigenvalue weighted by Gasteiger charge is -2.32. The number of rotatable bonds is 8. The number of imidazole rings is 1. The van der Waals surface area contributed by atoms with Crippen molar-refractivity contribution < 1.29 is 13.9 Å². The van der Waals surface area contributed by atoms with Gasteiger partial charge >= 0.3 is 0 Å². The number of fused-ring (bicyclic) bond motifs is 1. The first-order valence-corrected chi connectivity index (χ1v) is 13.3. The van der Waals surface area contributed by atoms with E-state index in [2.05, 4.69) is 33.7 Å². The fourth-order valence-electron chi connectivity index (χ4n) is 5.20. The quantitative estimate of drug-likeness (QED) is 0.286. The summed E-state index contributed by atoms with van der Waals surface area (Å²) in [5.41, 5.74) is 3.72. The molecule has 1 atom stereocenters. The summed E-state index contributed by atoms with van der Waals surface area (Å²) in [5, 5.41) is 0.373. The summed E-state index contributed by atoms with van der Waals surface area (Å²) in [5.74, 6) is 1.62. The molecule has 0 unspecified atom stereocenters. The molecule has 2 saturated heterocycles. The highest BCUT2D eigenvalue weighted by molar-refractivity contribution is 6.30. The average molecular weight is 521 g/mol. The van der Waals surface area contributed by atoms with Crippen LogP contribution in [0.5, 0.6) is 5.88 Å². The van der Waals surface area contributed by atoms with Crippen LogP contribution < -0.4 is 4.74 Å². The zero-order valence-corrected chi connectivity index (χ0v) is 21.4. The lowest BCUT2D eigenvalue weighted by Crippen LogP contribution is -2.35. The Morgan fingerprint density at radius 3 is 2.62 bits per heavy atom. The molecule has 6 nitrogen and oxygen atoms in total. The second-order valence-corrected chi connectivity index (χ2v) is 10.3. The van der Waals surface area contributed by atoms with Gasteiger partial charge in [0.1, 0.15) is 18.2 Å². The number of likely N-dealkylation sites (tertiary alicyclic amines) is 1. The van der Waals surface area contributed by atoms with Crippen LogP contribution in [-0.4, -0.2) is 45.2 Å². The third kappa shape index (κ3) is 5.49. The SMILES string of the molecule is Fc1cc(Cl)ccc1COc1cccc(C2CCN(Cc3nc4ccccc4n3C[C@@H]3CCO3)CC2)n1. The van der Waals surface area contributed by atoms with Crippen molar-refractivity contribution in [2.75, 3.05) is 19.7 Å². The predicted octanol–water partition coefficient (Wildman–Crippen LogP) is 5.97. The Bertz CT molecular complexity index is 1380. The molecule has 2 aliphatic heterocycles. The molecule has 37 heavy (non-hydrogen) atoms. The maximum Gasteiger partial charge on any atom is 0.213 e. The lowest BCUT2D eigenvalue weighted by molar-refractivity contribution is -0.0592. The molecule has 6 rings (SSSR count). The number of nitrogens with zero attached hydrogens (tertiary/aromatic N) is 4. The summed E-state index contributed by atoms with van der Waals surface area (Å²) < 4.78 is 28.0. The molecule has 2 aromatic carbocycles. The number of piperidine rings is 1. The number of ether oxygens (including phenoxy) is 2. The van der Waals surface area contributed by atoms with Crippen LogP contribution >= 0.6 is 11.6 Å². The fourth-order valence-corrected chi connectivity index (χ4v) is 5.36. The van der Waals surface area contributed by atoms with Gasteiger partial charge in [-0.05, 0) is 62.7 Å². The van der Waals surface area contributed by atoms with Gasteiger partial charge in [-0.25, -0.2) is 14.4 Å². The van der Waals surface area contributed by atoms with Gasteiger partial charge in [-0.1, -0.05) is 35.9 Å². The van der Waals surface area contributed by atoms with Crippen LogP contribution in [0.1, 0.15) is 42.3 Å². The Morgan fingerprint density at radius 1 is 1.00 bits per heavy atom. The number of para-hydroxylation sites is 2. The average Bonchev–Trinajstić information content (AvgIpc) is 3.23. The smallest absolute Gasteiger partial charge is 0.213 e. The zero-order chi connectivity index (χ0) is 25.2. The number of benzene rings is 2. The van der Waals surface area contributed by atoms with Crippen molar-refractivity contribution in [3.63, 3.8) is 0 Å². The highest BCUT2D eigenvalue weighted by atomic mass is 35.5. The Balaban J connectivity index is 1.08. The maximum atomic E-state index is 14.1. The predicted molar refractivity (Wildman–Crippen MR) is 141 cm³/mol. The van der Waals surface area contributed by atoms with E-state index in [0.717, 1.165) is 69.1 Å². The topological polar surface area (TPSA) is 52.4 Å². The minimum absolute atomic E-state index is 0.116. The summed E-state index contributed by atoms with van der Waals surface area (Å²) in [6, 6.07) is 18.8. The van der Waals surface area contributed by atoms with Crippen molar-refractivity contribution >= 4 is 22.6 Å². The first-order valence-electron chi connectivity index (χ1n) is 12.9. The van der Waals surface area contributed by atoms with Crippen molar-refractivity contribution in [2.24, 2.45) is 0 Å². The number of aromatic nitrogens is 3. The molecule has 0 bridgehead atoms. The molecule has 4 heterocycles. The van der Waals surface area contributed by atoms with E-state index < -0.39 is 0 Å². The van der Waals surface area contributed by atoms with Crippen molar-refractivity contribution in [3.8, 4) is 5.88 Å². The van der Waals surface area contributed by atoms with E-state index in [4.69, 9.17) is 31.0 Å². The van der Waals surface area contributed by atoms with E-state index in [0.29, 0.717) is 28.5 Å². The summed E-state index contributed by atoms with van der Waals surface area (Å²) in [4.78, 5) is 12.2. The van der Waals surface area contributed by atoms with Crippen LogP contribution in [0.4, 0.5) is 4.39 Å². The summed E-state index contributed by atoms with van der Waals surface area (Å²) in [7, 11) is 0. The minimum atomic E-state index is -0.371. The molecular formula is C29H30ClFN4O2. The van der Waals surface area contributed by atoms with Crippen LogP contribution in [0.15, 0.2) is 60.7 Å². The number of hydrogen-bond donors (Lipinski definition) is 0. The van der Waals surface area contributed by atoms with Crippen molar-refractivity contribution in [1.29, 1.82) is 0 Å². The van der Waals surface area contributed by atoms with E-state index in [1.54, 1.807) is 12.1 Å². The Morgan fingerprint density at radius 2 is 1.84 bits per heavy atom. The Kier molecular flexibility index (Phi) is 7.09. The van der Waals surface area contributed by atoms with E-state index >= 15 is 0 Å². The fraction of sp³-hybridized carbons (Fsp3) is 0.379. The zero-order valence-electron chi connectivity index (χ0n) is 20.7. The molecule has 8 heteroatoms. The molecule has 0 saturated carbocycles. The first-order chi connectivity index (χ1) is 18.1. The molecule has 192 valence electrons. The van der Waals surface area contributed by atoms with E-state index in [1.807, 2.05) is 18.2 Å². The Hall–Kier alpha value is -3.00. The summed E-state index contributed by atoms with van der Waals surface area (Å²) in [6.45, 7) is 4.64. The summed E-state index contributed by atoms with van der Waals surface area (Å²) >= 11 is 5.84. The van der Waals surface area contributed by atoms with Crippen LogP contribution in [0, 0.1) is 5.82 Å². The highest BCUT2D eigenvalue weighted by Gasteiger charge is 2.25. The summed E-state index contributed by atoms with van der Waals surface area (Å²) in [6.07, 6.45) is 3.45. The molecule has 0 aliphatic carbocycles. The maximum absolute atomic E-state index is 14.1. The monoisotopic (exact) mass is 520 g/mol. The molecule has 2 aromatic heterocycles. The first kappa shape index (κ1) is 24.3. The van der Waals surface area contributed by atoms with Gasteiger partial charge in [0.15, 0.2) is 0 Å². The van der Waals surface area contributed by atoms with Crippen LogP contribution in [-0.2, 0) is 24.4 Å². The molecule has 0 radical (unpaired) electrons. The van der Waals surface area contributed by atoms with Gasteiger partial charge in [-0.15, -0.1) is 0 Å². The van der Waals surface area contributed by atoms with Gasteiger partial charge in [-0.2, -0.15) is 0 Å². The molecule has 4 aromatic rings. The Labute approximate surface area is 221 Å². The molecule has 2 fully saturated rings. The van der Waals surface area contributed by atoms with Crippen molar-refractivity contribution in [3.05, 3.63) is 88.6 Å². The molecule has 0 amide bonds. The normalized spacial score (nSPS) is 18.7. The highest BCUT2D eigenvalue weighted by Crippen LogP contribution is 2.30. The van der Waals surface area contributed by atoms with E-state index in [-0.39, 0.29) is 12.4 Å². The molecule has 0 spiro atoms. The van der Waals surface area contributed by atoms with Gasteiger partial charge in [0.2, 0.25) is 5.88 Å². The van der Waals surface area contributed by atoms with Crippen molar-refractivity contribution in [2.45, 2.75) is 51.0 Å². The van der Waals surface area contributed by atoms with E-state index in [9.17, 15) is 4.39 Å². The van der Waals surface area contributed by atoms with Crippen LogP contribution in [0.2, 0.25) is 5.02 Å². The standard InChI is InChI=1S/C29H30ClFN4O2/c30-22-9-8-21(24(31)16-22)19-37-29-7-3-5-25(33-29)20-10-13-34(14-11-20)18-28-32-26-4-1-2-6-27(26)35(28)17-23-12-15-36-23/h1-9,16,20,23H,10-15,17-19H2/t23-/m0/s1. The second-order valence-electron chi connectivity index (χ2n) is 9.88. The van der Waals surface area contributed by atoms with Gasteiger partial charge < -0.3 is 14.0 Å². The third-order valence-electron chi connectivity index (χ3n) is 7.42.